The first-order valence-electron chi connectivity index (χ1n) is 10.1. The maximum absolute atomic E-state index is 6.15. The predicted octanol–water partition coefficient (Wildman–Crippen LogP) is 6.43. The van der Waals surface area contributed by atoms with Crippen LogP contribution in [0, 0.1) is 0 Å². The van der Waals surface area contributed by atoms with E-state index in [0.29, 0.717) is 10.0 Å². The van der Waals surface area contributed by atoms with Crippen LogP contribution in [0.3, 0.4) is 0 Å². The summed E-state index contributed by atoms with van der Waals surface area (Å²) in [5.41, 5.74) is 3.85. The summed E-state index contributed by atoms with van der Waals surface area (Å²) in [6.45, 7) is 3.54. The molecule has 1 aliphatic rings. The van der Waals surface area contributed by atoms with Crippen molar-refractivity contribution in [1.82, 2.24) is 14.3 Å². The molecule has 2 heterocycles. The fraction of sp³-hybridized carbons (Fsp3) is 0.167. The Balaban J connectivity index is 1.40. The molecule has 0 aliphatic carbocycles. The average Bonchev–Trinajstić information content (AvgIpc) is 2.79. The number of nitrogens with zero attached hydrogens (tertiary/aromatic N) is 4. The summed E-state index contributed by atoms with van der Waals surface area (Å²) in [5, 5.41) is 1.32. The lowest BCUT2D eigenvalue weighted by atomic mass is 10.1. The second-order valence-electron chi connectivity index (χ2n) is 7.36. The van der Waals surface area contributed by atoms with Gasteiger partial charge in [0.2, 0.25) is 0 Å². The van der Waals surface area contributed by atoms with Gasteiger partial charge in [-0.15, -0.1) is 0 Å². The van der Waals surface area contributed by atoms with Crippen molar-refractivity contribution in [2.75, 3.05) is 31.1 Å². The minimum absolute atomic E-state index is 0.660. The number of aromatic nitrogens is 2. The number of benzene rings is 3. The molecule has 31 heavy (non-hydrogen) atoms. The maximum atomic E-state index is 6.15. The molecule has 1 aromatic heterocycles. The Hall–Kier alpha value is -2.31. The molecule has 7 heteroatoms. The van der Waals surface area contributed by atoms with Gasteiger partial charge in [-0.2, -0.15) is 0 Å². The van der Waals surface area contributed by atoms with Gasteiger partial charge in [0.15, 0.2) is 5.82 Å². The van der Waals surface area contributed by atoms with Crippen LogP contribution in [-0.2, 0) is 0 Å². The van der Waals surface area contributed by atoms with Gasteiger partial charge in [0, 0.05) is 46.7 Å². The number of hydrogen-bond acceptors (Lipinski definition) is 5. The Labute approximate surface area is 196 Å². The highest BCUT2D eigenvalue weighted by atomic mass is 35.5. The fourth-order valence-corrected chi connectivity index (χ4v) is 5.38. The quantitative estimate of drug-likeness (QED) is 0.323. The molecule has 4 nitrogen and oxygen atoms in total. The van der Waals surface area contributed by atoms with E-state index in [1.54, 1.807) is 18.0 Å². The molecule has 5 rings (SSSR count). The summed E-state index contributed by atoms with van der Waals surface area (Å²) in [6.07, 6.45) is 0. The van der Waals surface area contributed by atoms with Crippen LogP contribution in [0.5, 0.6) is 0 Å². The van der Waals surface area contributed by atoms with E-state index in [-0.39, 0.29) is 0 Å². The molecule has 1 saturated heterocycles. The van der Waals surface area contributed by atoms with E-state index >= 15 is 0 Å². The van der Waals surface area contributed by atoms with Gasteiger partial charge in [0.05, 0.1) is 11.0 Å². The van der Waals surface area contributed by atoms with Gasteiger partial charge in [0.25, 0.3) is 0 Å². The normalized spacial score (nSPS) is 14.8. The van der Waals surface area contributed by atoms with Crippen LogP contribution in [-0.4, -0.2) is 40.5 Å². The van der Waals surface area contributed by atoms with E-state index in [0.717, 1.165) is 59.2 Å². The zero-order valence-electron chi connectivity index (χ0n) is 16.7. The zero-order chi connectivity index (χ0) is 21.2. The van der Waals surface area contributed by atoms with Crippen LogP contribution in [0.1, 0.15) is 0 Å². The molecule has 156 valence electrons. The van der Waals surface area contributed by atoms with Crippen molar-refractivity contribution < 1.29 is 0 Å². The summed E-state index contributed by atoms with van der Waals surface area (Å²) >= 11 is 14.0. The van der Waals surface area contributed by atoms with Gasteiger partial charge in [-0.3, -0.25) is 0 Å². The highest BCUT2D eigenvalue weighted by Crippen LogP contribution is 2.33. The highest BCUT2D eigenvalue weighted by Gasteiger charge is 2.23. The molecule has 0 N–H and O–H groups in total. The third kappa shape index (κ3) is 4.65. The van der Waals surface area contributed by atoms with Crippen LogP contribution in [0.25, 0.3) is 22.3 Å². The minimum Gasteiger partial charge on any atom is -0.352 e. The first-order valence-corrected chi connectivity index (χ1v) is 11.6. The number of piperazine rings is 1. The number of fused-ring (bicyclic) bond motifs is 1. The van der Waals surface area contributed by atoms with E-state index in [9.17, 15) is 0 Å². The van der Waals surface area contributed by atoms with E-state index < -0.39 is 0 Å². The highest BCUT2D eigenvalue weighted by molar-refractivity contribution is 7.97. The Morgan fingerprint density at radius 3 is 2.00 bits per heavy atom. The summed E-state index contributed by atoms with van der Waals surface area (Å²) in [7, 11) is 0. The van der Waals surface area contributed by atoms with Gasteiger partial charge >= 0.3 is 0 Å². The molecule has 0 amide bonds. The summed E-state index contributed by atoms with van der Waals surface area (Å²) in [5.74, 6) is 0.945. The van der Waals surface area contributed by atoms with Crippen molar-refractivity contribution in [2.24, 2.45) is 0 Å². The van der Waals surface area contributed by atoms with Crippen molar-refractivity contribution in [3.63, 3.8) is 0 Å². The lowest BCUT2D eigenvalue weighted by Crippen LogP contribution is -2.44. The third-order valence-corrected chi connectivity index (χ3v) is 6.71. The number of para-hydroxylation sites is 2. The predicted molar refractivity (Wildman–Crippen MR) is 131 cm³/mol. The SMILES string of the molecule is Clc1cc(Cl)cc(SN2CCN(c3nc4ccccc4nc3-c3ccccc3)CC2)c1. The monoisotopic (exact) mass is 466 g/mol. The molecular formula is C24H20Cl2N4S. The lowest BCUT2D eigenvalue weighted by molar-refractivity contribution is 0.428. The summed E-state index contributed by atoms with van der Waals surface area (Å²) in [4.78, 5) is 13.4. The molecule has 0 radical (unpaired) electrons. The van der Waals surface area contributed by atoms with Crippen molar-refractivity contribution in [1.29, 1.82) is 0 Å². The van der Waals surface area contributed by atoms with Crippen LogP contribution in [0.4, 0.5) is 5.82 Å². The van der Waals surface area contributed by atoms with Crippen molar-refractivity contribution >= 4 is 52.0 Å². The van der Waals surface area contributed by atoms with E-state index in [2.05, 4.69) is 21.3 Å². The van der Waals surface area contributed by atoms with Gasteiger partial charge in [-0.1, -0.05) is 65.7 Å². The maximum Gasteiger partial charge on any atom is 0.156 e. The smallest absolute Gasteiger partial charge is 0.156 e. The van der Waals surface area contributed by atoms with Crippen LogP contribution in [0.15, 0.2) is 77.7 Å². The summed E-state index contributed by atoms with van der Waals surface area (Å²) < 4.78 is 2.34. The van der Waals surface area contributed by atoms with Gasteiger partial charge in [-0.05, 0) is 42.3 Å². The second kappa shape index (κ2) is 9.05. The molecule has 4 aromatic rings. The van der Waals surface area contributed by atoms with Gasteiger partial charge in [0.1, 0.15) is 5.69 Å². The van der Waals surface area contributed by atoms with Crippen LogP contribution >= 0.6 is 35.1 Å². The molecule has 1 aliphatic heterocycles. The van der Waals surface area contributed by atoms with Crippen molar-refractivity contribution in [3.8, 4) is 11.3 Å². The first kappa shape index (κ1) is 20.6. The number of rotatable bonds is 4. The number of anilines is 1. The minimum atomic E-state index is 0.660. The van der Waals surface area contributed by atoms with E-state index in [4.69, 9.17) is 33.2 Å². The topological polar surface area (TPSA) is 32.3 Å². The van der Waals surface area contributed by atoms with Gasteiger partial charge < -0.3 is 4.90 Å². The Kier molecular flexibility index (Phi) is 6.01. The third-order valence-electron chi connectivity index (χ3n) is 5.21. The molecule has 1 fully saturated rings. The molecule has 3 aromatic carbocycles. The molecule has 0 saturated carbocycles. The first-order chi connectivity index (χ1) is 15.2. The van der Waals surface area contributed by atoms with Crippen molar-refractivity contribution in [2.45, 2.75) is 4.90 Å². The Morgan fingerprint density at radius 2 is 1.32 bits per heavy atom. The number of hydrogen-bond donors (Lipinski definition) is 0. The van der Waals surface area contributed by atoms with E-state index in [1.165, 1.54) is 0 Å². The Morgan fingerprint density at radius 1 is 0.710 bits per heavy atom. The molecule has 0 bridgehead atoms. The Bertz CT molecular complexity index is 1190. The standard InChI is InChI=1S/C24H20Cl2N4S/c25-18-14-19(26)16-20(15-18)31-30-12-10-29(11-13-30)24-23(17-6-2-1-3-7-17)27-21-8-4-5-9-22(21)28-24/h1-9,14-16H,10-13H2. The zero-order valence-corrected chi connectivity index (χ0v) is 19.0. The largest absolute Gasteiger partial charge is 0.352 e. The lowest BCUT2D eigenvalue weighted by Gasteiger charge is -2.35. The second-order valence-corrected chi connectivity index (χ2v) is 9.41. The molecular weight excluding hydrogens is 447 g/mol. The van der Waals surface area contributed by atoms with Gasteiger partial charge in [-0.25, -0.2) is 14.3 Å². The van der Waals surface area contributed by atoms with Crippen LogP contribution < -0.4 is 4.90 Å². The van der Waals surface area contributed by atoms with Crippen LogP contribution in [0.2, 0.25) is 10.0 Å². The average molecular weight is 467 g/mol. The van der Waals surface area contributed by atoms with E-state index in [1.807, 2.05) is 54.6 Å². The molecule has 0 unspecified atom stereocenters. The fourth-order valence-electron chi connectivity index (χ4n) is 3.72. The molecule has 0 atom stereocenters. The molecule has 0 spiro atoms. The number of halogens is 2. The summed E-state index contributed by atoms with van der Waals surface area (Å²) in [6, 6.07) is 24.0. The van der Waals surface area contributed by atoms with Crippen molar-refractivity contribution in [3.05, 3.63) is 82.8 Å².